The van der Waals surface area contributed by atoms with Gasteiger partial charge in [0.2, 0.25) is 0 Å². The summed E-state index contributed by atoms with van der Waals surface area (Å²) in [5.41, 5.74) is 2.49. The van der Waals surface area contributed by atoms with Crippen molar-refractivity contribution in [2.45, 2.75) is 6.54 Å². The van der Waals surface area contributed by atoms with Crippen molar-refractivity contribution in [1.29, 1.82) is 0 Å². The van der Waals surface area contributed by atoms with E-state index in [-0.39, 0.29) is 5.82 Å². The van der Waals surface area contributed by atoms with Crippen LogP contribution in [-0.4, -0.2) is 9.78 Å². The number of hydrogen-bond donors (Lipinski definition) is 1. The van der Waals surface area contributed by atoms with Crippen molar-refractivity contribution in [2.75, 3.05) is 5.32 Å². The van der Waals surface area contributed by atoms with Gasteiger partial charge in [0.25, 0.3) is 0 Å². The van der Waals surface area contributed by atoms with E-state index in [2.05, 4.69) is 10.4 Å². The molecule has 0 fully saturated rings. The topological polar surface area (TPSA) is 29.9 Å². The zero-order chi connectivity index (χ0) is 13.2. The Labute approximate surface area is 110 Å². The van der Waals surface area contributed by atoms with Crippen LogP contribution in [0.15, 0.2) is 48.5 Å². The lowest BCUT2D eigenvalue weighted by atomic mass is 10.2. The highest BCUT2D eigenvalue weighted by Gasteiger charge is 2.08. The van der Waals surface area contributed by atoms with Crippen LogP contribution in [0.3, 0.4) is 0 Å². The Morgan fingerprint density at radius 2 is 1.84 bits per heavy atom. The first kappa shape index (κ1) is 11.7. The minimum absolute atomic E-state index is 0.247. The summed E-state index contributed by atoms with van der Waals surface area (Å²) >= 11 is 0. The fourth-order valence-corrected chi connectivity index (χ4v) is 2.20. The second kappa shape index (κ2) is 4.72. The van der Waals surface area contributed by atoms with Gasteiger partial charge in [-0.2, -0.15) is 5.10 Å². The van der Waals surface area contributed by atoms with Gasteiger partial charge in [-0.15, -0.1) is 0 Å². The number of fused-ring (bicyclic) bond motifs is 1. The maximum absolute atomic E-state index is 13.5. The molecule has 96 valence electrons. The van der Waals surface area contributed by atoms with E-state index < -0.39 is 0 Å². The number of hydrogen-bond acceptors (Lipinski definition) is 2. The number of rotatable bonds is 3. The molecule has 19 heavy (non-hydrogen) atoms. The zero-order valence-corrected chi connectivity index (χ0v) is 10.6. The molecule has 0 aliphatic heterocycles. The van der Waals surface area contributed by atoms with Crippen LogP contribution in [-0.2, 0) is 13.6 Å². The predicted octanol–water partition coefficient (Wildman–Crippen LogP) is 3.32. The highest BCUT2D eigenvalue weighted by Crippen LogP contribution is 2.19. The van der Waals surface area contributed by atoms with E-state index in [9.17, 15) is 4.39 Å². The Balaban J connectivity index is 1.88. The van der Waals surface area contributed by atoms with Crippen LogP contribution in [0.1, 0.15) is 5.69 Å². The van der Waals surface area contributed by atoms with Gasteiger partial charge in [0, 0.05) is 12.4 Å². The molecule has 1 N–H and O–H groups in total. The van der Waals surface area contributed by atoms with E-state index >= 15 is 0 Å². The molecular weight excluding hydrogens is 241 g/mol. The van der Waals surface area contributed by atoms with Gasteiger partial charge >= 0.3 is 0 Å². The van der Waals surface area contributed by atoms with E-state index in [0.29, 0.717) is 12.2 Å². The van der Waals surface area contributed by atoms with Crippen LogP contribution in [0, 0.1) is 5.82 Å². The number of halogens is 1. The Morgan fingerprint density at radius 3 is 2.68 bits per heavy atom. The van der Waals surface area contributed by atoms with Gasteiger partial charge in [-0.3, -0.25) is 4.68 Å². The molecular formula is C15H14FN3. The maximum atomic E-state index is 13.5. The van der Waals surface area contributed by atoms with Crippen LogP contribution in [0.4, 0.5) is 10.1 Å². The smallest absolute Gasteiger partial charge is 0.146 e. The Bertz CT molecular complexity index is 718. The molecule has 0 aliphatic rings. The van der Waals surface area contributed by atoms with Crippen LogP contribution in [0.5, 0.6) is 0 Å². The van der Waals surface area contributed by atoms with Crippen molar-refractivity contribution in [1.82, 2.24) is 9.78 Å². The average molecular weight is 255 g/mol. The highest BCUT2D eigenvalue weighted by molar-refractivity contribution is 5.82. The van der Waals surface area contributed by atoms with Crippen LogP contribution < -0.4 is 5.32 Å². The molecule has 0 saturated carbocycles. The lowest BCUT2D eigenvalue weighted by molar-refractivity contribution is 0.630. The normalized spacial score (nSPS) is 10.8. The SMILES string of the molecule is Cn1nc(CNc2ccccc2F)c2ccccc21. The molecule has 0 bridgehead atoms. The number of anilines is 1. The number of nitrogens with zero attached hydrogens (tertiary/aromatic N) is 2. The van der Waals surface area contributed by atoms with E-state index in [0.717, 1.165) is 16.6 Å². The van der Waals surface area contributed by atoms with E-state index in [1.54, 1.807) is 12.1 Å². The molecule has 0 unspecified atom stereocenters. The molecule has 3 rings (SSSR count). The summed E-state index contributed by atoms with van der Waals surface area (Å²) in [6.45, 7) is 0.502. The third-order valence-electron chi connectivity index (χ3n) is 3.15. The molecule has 0 amide bonds. The largest absolute Gasteiger partial charge is 0.377 e. The lowest BCUT2D eigenvalue weighted by Gasteiger charge is -2.05. The second-order valence-corrected chi connectivity index (χ2v) is 4.42. The number of para-hydroxylation sites is 2. The molecule has 2 aromatic carbocycles. The van der Waals surface area contributed by atoms with Crippen molar-refractivity contribution < 1.29 is 4.39 Å². The predicted molar refractivity (Wildman–Crippen MR) is 74.4 cm³/mol. The molecule has 0 radical (unpaired) electrons. The number of nitrogens with one attached hydrogen (secondary N) is 1. The van der Waals surface area contributed by atoms with Crippen molar-refractivity contribution >= 4 is 16.6 Å². The molecule has 1 aromatic heterocycles. The van der Waals surface area contributed by atoms with Crippen LogP contribution in [0.25, 0.3) is 10.9 Å². The first-order chi connectivity index (χ1) is 9.25. The minimum Gasteiger partial charge on any atom is -0.377 e. The quantitative estimate of drug-likeness (QED) is 0.778. The third-order valence-corrected chi connectivity index (χ3v) is 3.15. The second-order valence-electron chi connectivity index (χ2n) is 4.42. The third kappa shape index (κ3) is 2.17. The van der Waals surface area contributed by atoms with Crippen molar-refractivity contribution in [3.8, 4) is 0 Å². The average Bonchev–Trinajstić information content (AvgIpc) is 2.75. The molecule has 0 atom stereocenters. The van der Waals surface area contributed by atoms with Crippen molar-refractivity contribution in [2.24, 2.45) is 7.05 Å². The van der Waals surface area contributed by atoms with Crippen molar-refractivity contribution in [3.63, 3.8) is 0 Å². The summed E-state index contributed by atoms with van der Waals surface area (Å²) in [5, 5.41) is 8.64. The van der Waals surface area contributed by atoms with Gasteiger partial charge in [-0.1, -0.05) is 30.3 Å². The molecule has 4 heteroatoms. The Kier molecular flexibility index (Phi) is 2.91. The van der Waals surface area contributed by atoms with Gasteiger partial charge in [0.15, 0.2) is 0 Å². The monoisotopic (exact) mass is 255 g/mol. The van der Waals surface area contributed by atoms with Gasteiger partial charge in [0.05, 0.1) is 23.4 Å². The summed E-state index contributed by atoms with van der Waals surface area (Å²) in [5.74, 6) is -0.247. The molecule has 3 aromatic rings. The van der Waals surface area contributed by atoms with E-state index in [1.807, 2.05) is 42.1 Å². The summed E-state index contributed by atoms with van der Waals surface area (Å²) in [4.78, 5) is 0. The lowest BCUT2D eigenvalue weighted by Crippen LogP contribution is -2.02. The van der Waals surface area contributed by atoms with Crippen LogP contribution >= 0.6 is 0 Å². The summed E-state index contributed by atoms with van der Waals surface area (Å²) in [6, 6.07) is 14.7. The fourth-order valence-electron chi connectivity index (χ4n) is 2.20. The van der Waals surface area contributed by atoms with E-state index in [1.165, 1.54) is 6.07 Å². The maximum Gasteiger partial charge on any atom is 0.146 e. The summed E-state index contributed by atoms with van der Waals surface area (Å²) < 4.78 is 15.4. The first-order valence-corrected chi connectivity index (χ1v) is 6.15. The summed E-state index contributed by atoms with van der Waals surface area (Å²) in [6.07, 6.45) is 0. The Morgan fingerprint density at radius 1 is 1.11 bits per heavy atom. The molecule has 0 aliphatic carbocycles. The Hall–Kier alpha value is -2.36. The summed E-state index contributed by atoms with van der Waals surface area (Å²) in [7, 11) is 1.91. The van der Waals surface area contributed by atoms with Crippen molar-refractivity contribution in [3.05, 3.63) is 60.0 Å². The minimum atomic E-state index is -0.247. The van der Waals surface area contributed by atoms with Crippen LogP contribution in [0.2, 0.25) is 0 Å². The molecule has 0 saturated heterocycles. The molecule has 3 nitrogen and oxygen atoms in total. The zero-order valence-electron chi connectivity index (χ0n) is 10.6. The van der Waals surface area contributed by atoms with Gasteiger partial charge < -0.3 is 5.32 Å². The highest BCUT2D eigenvalue weighted by atomic mass is 19.1. The number of benzene rings is 2. The number of aromatic nitrogens is 2. The number of aryl methyl sites for hydroxylation is 1. The fraction of sp³-hybridized carbons (Fsp3) is 0.133. The molecule has 1 heterocycles. The standard InChI is InChI=1S/C15H14FN3/c1-19-15-9-5-2-6-11(15)14(18-19)10-17-13-8-4-3-7-12(13)16/h2-9,17H,10H2,1H3. The van der Waals surface area contributed by atoms with E-state index in [4.69, 9.17) is 0 Å². The van der Waals surface area contributed by atoms with Gasteiger partial charge in [-0.05, 0) is 18.2 Å². The first-order valence-electron chi connectivity index (χ1n) is 6.15. The van der Waals surface area contributed by atoms with Gasteiger partial charge in [-0.25, -0.2) is 4.39 Å². The molecule has 0 spiro atoms. The van der Waals surface area contributed by atoms with Gasteiger partial charge in [0.1, 0.15) is 5.82 Å².